The molecule has 0 saturated heterocycles. The molecule has 0 radical (unpaired) electrons. The molecule has 0 aromatic heterocycles. The van der Waals surface area contributed by atoms with E-state index in [2.05, 4.69) is 5.73 Å². The highest BCUT2D eigenvalue weighted by Crippen LogP contribution is 2.12. The highest BCUT2D eigenvalue weighted by molar-refractivity contribution is 4.91. The molecule has 46 valence electrons. The van der Waals surface area contributed by atoms with Crippen LogP contribution in [0.15, 0.2) is 17.9 Å². The van der Waals surface area contributed by atoms with Crippen molar-refractivity contribution >= 4 is 0 Å². The summed E-state index contributed by atoms with van der Waals surface area (Å²) in [6.45, 7) is 7.89. The second kappa shape index (κ2) is 2.74. The average molecular weight is 111 g/mol. The van der Waals surface area contributed by atoms with Gasteiger partial charge >= 0.3 is 0 Å². The van der Waals surface area contributed by atoms with Crippen molar-refractivity contribution in [3.8, 4) is 0 Å². The van der Waals surface area contributed by atoms with Crippen LogP contribution in [0, 0.1) is 5.41 Å². The van der Waals surface area contributed by atoms with Crippen LogP contribution in [-0.2, 0) is 0 Å². The van der Waals surface area contributed by atoms with Gasteiger partial charge in [-0.05, 0) is 24.5 Å². The minimum Gasteiger partial charge on any atom is -0.129 e. The molecule has 0 aromatic carbocycles. The molecule has 0 bridgehead atoms. The Hall–Kier alpha value is -0.480. The molecule has 0 unspecified atom stereocenters. The van der Waals surface area contributed by atoms with Gasteiger partial charge in [0.1, 0.15) is 0 Å². The lowest BCUT2D eigenvalue weighted by atomic mass is 9.97. The van der Waals surface area contributed by atoms with Gasteiger partial charge in [0.05, 0.1) is 1.37 Å². The number of allylic oxidation sites excluding steroid dienone is 1. The lowest BCUT2D eigenvalue weighted by Crippen LogP contribution is -1.96. The second-order valence-electron chi connectivity index (χ2n) is 2.81. The zero-order chi connectivity index (χ0) is 7.49. The van der Waals surface area contributed by atoms with Crippen molar-refractivity contribution < 1.29 is 1.37 Å². The summed E-state index contributed by atoms with van der Waals surface area (Å²) in [4.78, 5) is 0. The SMILES string of the molecule is [2H]C(=C=CC)C(C)(C)C. The first-order valence-corrected chi connectivity index (χ1v) is 2.87. The van der Waals surface area contributed by atoms with E-state index in [4.69, 9.17) is 1.37 Å². The Bertz CT molecular complexity index is 142. The summed E-state index contributed by atoms with van der Waals surface area (Å²) >= 11 is 0. The summed E-state index contributed by atoms with van der Waals surface area (Å²) in [6.07, 6.45) is 1.77. The number of hydrogen-bond donors (Lipinski definition) is 0. The Morgan fingerprint density at radius 3 is 2.12 bits per heavy atom. The highest BCUT2D eigenvalue weighted by Gasteiger charge is 2.01. The van der Waals surface area contributed by atoms with E-state index in [1.807, 2.05) is 27.7 Å². The molecular formula is C8H14. The van der Waals surface area contributed by atoms with Gasteiger partial charge in [0, 0.05) is 0 Å². The molecule has 0 saturated carbocycles. The maximum Gasteiger partial charge on any atom is 0.0671 e. The second-order valence-corrected chi connectivity index (χ2v) is 2.81. The van der Waals surface area contributed by atoms with Crippen LogP contribution in [0.25, 0.3) is 0 Å². The van der Waals surface area contributed by atoms with Crippen molar-refractivity contribution in [2.45, 2.75) is 27.7 Å². The average Bonchev–Trinajstić information content (AvgIpc) is 1.64. The van der Waals surface area contributed by atoms with Crippen LogP contribution in [0.4, 0.5) is 0 Å². The van der Waals surface area contributed by atoms with Gasteiger partial charge in [-0.3, -0.25) is 0 Å². The Morgan fingerprint density at radius 1 is 1.50 bits per heavy atom. The quantitative estimate of drug-likeness (QED) is 0.422. The predicted octanol–water partition coefficient (Wildman–Crippen LogP) is 2.76. The molecule has 0 N–H and O–H groups in total. The third-order valence-corrected chi connectivity index (χ3v) is 0.592. The highest BCUT2D eigenvalue weighted by atomic mass is 14.1. The topological polar surface area (TPSA) is 0 Å². The largest absolute Gasteiger partial charge is 0.129 e. The molecule has 0 rings (SSSR count). The van der Waals surface area contributed by atoms with Gasteiger partial charge in [0.15, 0.2) is 0 Å². The summed E-state index contributed by atoms with van der Waals surface area (Å²) in [5.74, 6) is 0. The van der Waals surface area contributed by atoms with E-state index in [0.717, 1.165) is 0 Å². The molecule has 0 aliphatic rings. The number of hydrogen-bond acceptors (Lipinski definition) is 0. The molecule has 0 aliphatic heterocycles. The van der Waals surface area contributed by atoms with Gasteiger partial charge in [-0.1, -0.05) is 20.8 Å². The van der Waals surface area contributed by atoms with E-state index in [9.17, 15) is 0 Å². The van der Waals surface area contributed by atoms with Crippen molar-refractivity contribution in [1.82, 2.24) is 0 Å². The molecule has 0 atom stereocenters. The van der Waals surface area contributed by atoms with E-state index < -0.39 is 0 Å². The molecule has 0 spiro atoms. The zero-order valence-electron chi connectivity index (χ0n) is 7.08. The van der Waals surface area contributed by atoms with Gasteiger partial charge in [0.25, 0.3) is 0 Å². The fourth-order valence-corrected chi connectivity index (χ4v) is 0.289. The van der Waals surface area contributed by atoms with Crippen LogP contribution < -0.4 is 0 Å². The van der Waals surface area contributed by atoms with Crippen molar-refractivity contribution in [2.24, 2.45) is 5.41 Å². The van der Waals surface area contributed by atoms with Crippen LogP contribution in [0.3, 0.4) is 0 Å². The molecule has 0 aliphatic carbocycles. The molecular weight excluding hydrogens is 96.1 g/mol. The smallest absolute Gasteiger partial charge is 0.0671 e. The van der Waals surface area contributed by atoms with Crippen molar-refractivity contribution in [2.75, 3.05) is 0 Å². The van der Waals surface area contributed by atoms with E-state index in [-0.39, 0.29) is 5.41 Å². The standard InChI is InChI=1S/C8H14/c1-5-6-7-8(2,3)4/h5,7H,1-4H3/i7D. The molecule has 0 amide bonds. The lowest BCUT2D eigenvalue weighted by molar-refractivity contribution is 0.545. The van der Waals surface area contributed by atoms with Gasteiger partial charge in [0.2, 0.25) is 0 Å². The molecule has 0 heterocycles. The summed E-state index contributed by atoms with van der Waals surface area (Å²) < 4.78 is 7.40. The van der Waals surface area contributed by atoms with E-state index in [1.165, 1.54) is 0 Å². The van der Waals surface area contributed by atoms with Gasteiger partial charge in [-0.25, -0.2) is 0 Å². The van der Waals surface area contributed by atoms with Crippen LogP contribution in [-0.4, -0.2) is 0 Å². The fourth-order valence-electron chi connectivity index (χ4n) is 0.289. The summed E-state index contributed by atoms with van der Waals surface area (Å²) in [5.41, 5.74) is 2.79. The first-order valence-electron chi connectivity index (χ1n) is 3.37. The lowest BCUT2D eigenvalue weighted by Gasteiger charge is -2.07. The maximum atomic E-state index is 7.40. The van der Waals surface area contributed by atoms with E-state index >= 15 is 0 Å². The molecule has 0 nitrogen and oxygen atoms in total. The molecule has 0 heteroatoms. The van der Waals surface area contributed by atoms with Gasteiger partial charge in [-0.2, -0.15) is 0 Å². The predicted molar refractivity (Wildman–Crippen MR) is 37.8 cm³/mol. The summed E-state index contributed by atoms with van der Waals surface area (Å²) in [7, 11) is 0. The van der Waals surface area contributed by atoms with E-state index in [0.29, 0.717) is 6.05 Å². The Balaban J connectivity index is 4.40. The molecule has 0 aromatic rings. The van der Waals surface area contributed by atoms with Crippen LogP contribution in [0.5, 0.6) is 0 Å². The zero-order valence-corrected chi connectivity index (χ0v) is 6.08. The monoisotopic (exact) mass is 111 g/mol. The van der Waals surface area contributed by atoms with E-state index in [1.54, 1.807) is 6.08 Å². The Labute approximate surface area is 53.3 Å². The molecule has 0 fully saturated rings. The first kappa shape index (κ1) is 5.65. The third-order valence-electron chi connectivity index (χ3n) is 0.592. The van der Waals surface area contributed by atoms with Crippen LogP contribution >= 0.6 is 0 Å². The minimum atomic E-state index is -0.0491. The first-order chi connectivity index (χ1) is 3.98. The molecule has 8 heavy (non-hydrogen) atoms. The van der Waals surface area contributed by atoms with Crippen LogP contribution in [0.1, 0.15) is 29.1 Å². The third kappa shape index (κ3) is 5.52. The van der Waals surface area contributed by atoms with Crippen molar-refractivity contribution in [3.05, 3.63) is 17.9 Å². The van der Waals surface area contributed by atoms with Crippen LogP contribution in [0.2, 0.25) is 0 Å². The maximum absolute atomic E-state index is 7.40. The minimum absolute atomic E-state index is 0.0491. The summed E-state index contributed by atoms with van der Waals surface area (Å²) in [5, 5.41) is 0. The van der Waals surface area contributed by atoms with Crippen molar-refractivity contribution in [3.63, 3.8) is 0 Å². The Morgan fingerprint density at radius 2 is 2.00 bits per heavy atom. The van der Waals surface area contributed by atoms with Crippen molar-refractivity contribution in [1.29, 1.82) is 0 Å². The number of rotatable bonds is 0. The summed E-state index contributed by atoms with van der Waals surface area (Å²) in [6, 6.07) is 0.560. The van der Waals surface area contributed by atoms with Gasteiger partial charge < -0.3 is 0 Å². The van der Waals surface area contributed by atoms with Gasteiger partial charge in [-0.15, -0.1) is 5.73 Å². The normalized spacial score (nSPS) is 11.8. The Kier molecular flexibility index (Phi) is 1.93. The fraction of sp³-hybridized carbons (Fsp3) is 0.625.